The first-order chi connectivity index (χ1) is 13.4. The summed E-state index contributed by atoms with van der Waals surface area (Å²) in [7, 11) is 1.64. The van der Waals surface area contributed by atoms with Gasteiger partial charge in [-0.3, -0.25) is 9.59 Å². The lowest BCUT2D eigenvalue weighted by Crippen LogP contribution is -2.47. The number of nitrogens with two attached hydrogens (primary N) is 1. The Morgan fingerprint density at radius 3 is 2.43 bits per heavy atom. The van der Waals surface area contributed by atoms with Gasteiger partial charge in [0.25, 0.3) is 0 Å². The van der Waals surface area contributed by atoms with Crippen molar-refractivity contribution < 1.29 is 14.3 Å². The molecule has 2 amide bonds. The zero-order chi connectivity index (χ0) is 20.1. The number of carbonyl (C=O) groups is 2. The van der Waals surface area contributed by atoms with E-state index in [4.69, 9.17) is 10.5 Å². The Hall–Kier alpha value is -2.82. The molecule has 3 rings (SSSR count). The number of hydrogen-bond donors (Lipinski definition) is 1. The number of primary amides is 1. The second kappa shape index (κ2) is 8.46. The van der Waals surface area contributed by atoms with Crippen LogP contribution in [0.1, 0.15) is 49.8 Å². The SMILES string of the molecule is COc1ccc([C@H](C)N2CC[C@@](CCC(N)=O)(c3ccccc3)CC2=O)cc1. The molecule has 0 saturated carbocycles. The molecule has 148 valence electrons. The maximum absolute atomic E-state index is 13.2. The lowest BCUT2D eigenvalue weighted by Gasteiger charge is -2.44. The van der Waals surface area contributed by atoms with Gasteiger partial charge in [0.15, 0.2) is 0 Å². The molecule has 5 heteroatoms. The smallest absolute Gasteiger partial charge is 0.223 e. The summed E-state index contributed by atoms with van der Waals surface area (Å²) in [5, 5.41) is 0. The van der Waals surface area contributed by atoms with Gasteiger partial charge in [0, 0.05) is 24.8 Å². The van der Waals surface area contributed by atoms with Crippen molar-refractivity contribution in [3.8, 4) is 5.75 Å². The average molecular weight is 380 g/mol. The number of rotatable bonds is 7. The summed E-state index contributed by atoms with van der Waals surface area (Å²) in [6, 6.07) is 17.9. The van der Waals surface area contributed by atoms with Crippen molar-refractivity contribution in [3.63, 3.8) is 0 Å². The Morgan fingerprint density at radius 1 is 1.18 bits per heavy atom. The predicted molar refractivity (Wildman–Crippen MR) is 109 cm³/mol. The van der Waals surface area contributed by atoms with Crippen LogP contribution in [0.4, 0.5) is 0 Å². The van der Waals surface area contributed by atoms with E-state index in [-0.39, 0.29) is 29.7 Å². The zero-order valence-corrected chi connectivity index (χ0v) is 16.6. The van der Waals surface area contributed by atoms with Crippen molar-refractivity contribution >= 4 is 11.8 Å². The molecule has 1 aliphatic rings. The molecule has 5 nitrogen and oxygen atoms in total. The fourth-order valence-corrected chi connectivity index (χ4v) is 4.17. The lowest BCUT2D eigenvalue weighted by molar-refractivity contribution is -0.139. The van der Waals surface area contributed by atoms with Gasteiger partial charge in [0.05, 0.1) is 13.2 Å². The molecule has 2 atom stereocenters. The van der Waals surface area contributed by atoms with Gasteiger partial charge in [-0.2, -0.15) is 0 Å². The van der Waals surface area contributed by atoms with Gasteiger partial charge in [0.2, 0.25) is 11.8 Å². The summed E-state index contributed by atoms with van der Waals surface area (Å²) in [5.41, 5.74) is 7.28. The number of methoxy groups -OCH3 is 1. The first-order valence-corrected chi connectivity index (χ1v) is 9.72. The van der Waals surface area contributed by atoms with E-state index in [1.165, 1.54) is 0 Å². The van der Waals surface area contributed by atoms with Crippen LogP contribution in [0.25, 0.3) is 0 Å². The highest BCUT2D eigenvalue weighted by Gasteiger charge is 2.41. The minimum Gasteiger partial charge on any atom is -0.497 e. The minimum absolute atomic E-state index is 0.0108. The quantitative estimate of drug-likeness (QED) is 0.798. The molecule has 2 aromatic carbocycles. The number of hydrogen-bond acceptors (Lipinski definition) is 3. The monoisotopic (exact) mass is 380 g/mol. The highest BCUT2D eigenvalue weighted by Crippen LogP contribution is 2.42. The molecular weight excluding hydrogens is 352 g/mol. The number of nitrogens with zero attached hydrogens (tertiary/aromatic N) is 1. The molecule has 2 aromatic rings. The molecule has 1 heterocycles. The zero-order valence-electron chi connectivity index (χ0n) is 16.6. The summed E-state index contributed by atoms with van der Waals surface area (Å²) in [4.78, 5) is 26.5. The number of amides is 2. The third kappa shape index (κ3) is 4.19. The molecule has 2 N–H and O–H groups in total. The van der Waals surface area contributed by atoms with Gasteiger partial charge in [-0.1, -0.05) is 42.5 Å². The topological polar surface area (TPSA) is 72.6 Å². The number of piperidine rings is 1. The summed E-state index contributed by atoms with van der Waals surface area (Å²) in [5.74, 6) is 0.593. The molecule has 28 heavy (non-hydrogen) atoms. The van der Waals surface area contributed by atoms with E-state index in [2.05, 4.69) is 19.1 Å². The summed E-state index contributed by atoms with van der Waals surface area (Å²) < 4.78 is 5.22. The van der Waals surface area contributed by atoms with Crippen molar-refractivity contribution in [3.05, 3.63) is 65.7 Å². The molecule has 1 saturated heterocycles. The Balaban J connectivity index is 1.80. The van der Waals surface area contributed by atoms with Crippen LogP contribution in [0.2, 0.25) is 0 Å². The van der Waals surface area contributed by atoms with Crippen LogP contribution < -0.4 is 10.5 Å². The molecule has 0 aromatic heterocycles. The van der Waals surface area contributed by atoms with Gasteiger partial charge >= 0.3 is 0 Å². The summed E-state index contributed by atoms with van der Waals surface area (Å²) >= 11 is 0. The first kappa shape index (κ1) is 19.9. The van der Waals surface area contributed by atoms with Crippen molar-refractivity contribution in [1.29, 1.82) is 0 Å². The van der Waals surface area contributed by atoms with E-state index in [9.17, 15) is 9.59 Å². The van der Waals surface area contributed by atoms with Crippen LogP contribution >= 0.6 is 0 Å². The highest BCUT2D eigenvalue weighted by molar-refractivity contribution is 5.80. The number of likely N-dealkylation sites (tertiary alicyclic amines) is 1. The maximum Gasteiger partial charge on any atom is 0.223 e. The number of ether oxygens (including phenoxy) is 1. The maximum atomic E-state index is 13.2. The van der Waals surface area contributed by atoms with E-state index in [0.29, 0.717) is 19.4 Å². The van der Waals surface area contributed by atoms with Crippen LogP contribution in [0, 0.1) is 0 Å². The molecule has 1 fully saturated rings. The fraction of sp³-hybridized carbons (Fsp3) is 0.391. The lowest BCUT2D eigenvalue weighted by atomic mass is 9.69. The van der Waals surface area contributed by atoms with Crippen LogP contribution in [0.3, 0.4) is 0 Å². The number of carbonyl (C=O) groups excluding carboxylic acids is 2. The second-order valence-electron chi connectivity index (χ2n) is 7.58. The minimum atomic E-state index is -0.330. The van der Waals surface area contributed by atoms with Gasteiger partial charge in [-0.15, -0.1) is 0 Å². The highest BCUT2D eigenvalue weighted by atomic mass is 16.5. The molecule has 1 aliphatic heterocycles. The van der Waals surface area contributed by atoms with E-state index >= 15 is 0 Å². The van der Waals surface area contributed by atoms with Crippen LogP contribution in [-0.2, 0) is 15.0 Å². The molecular formula is C23H28N2O3. The molecule has 0 spiro atoms. The second-order valence-corrected chi connectivity index (χ2v) is 7.58. The van der Waals surface area contributed by atoms with E-state index < -0.39 is 0 Å². The van der Waals surface area contributed by atoms with Crippen molar-refractivity contribution in [2.75, 3.05) is 13.7 Å². The Bertz CT molecular complexity index is 820. The Labute approximate surface area is 166 Å². The van der Waals surface area contributed by atoms with Crippen LogP contribution in [-0.4, -0.2) is 30.4 Å². The van der Waals surface area contributed by atoms with E-state index in [0.717, 1.165) is 23.3 Å². The Morgan fingerprint density at radius 2 is 1.86 bits per heavy atom. The third-order valence-corrected chi connectivity index (χ3v) is 5.94. The van der Waals surface area contributed by atoms with Crippen molar-refractivity contribution in [2.24, 2.45) is 5.73 Å². The molecule has 0 aliphatic carbocycles. The fourth-order valence-electron chi connectivity index (χ4n) is 4.17. The third-order valence-electron chi connectivity index (χ3n) is 5.94. The summed E-state index contributed by atoms with van der Waals surface area (Å²) in [6.07, 6.45) is 2.10. The largest absolute Gasteiger partial charge is 0.497 e. The van der Waals surface area contributed by atoms with Gasteiger partial charge in [-0.05, 0) is 43.0 Å². The van der Waals surface area contributed by atoms with E-state index in [1.807, 2.05) is 47.4 Å². The standard InChI is InChI=1S/C23H28N2O3/c1-17(18-8-10-20(28-2)11-9-18)25-15-14-23(16-22(25)27,13-12-21(24)26)19-6-4-3-5-7-19/h3-11,17H,12-16H2,1-2H3,(H2,24,26)/t17-,23+/m0/s1. The first-order valence-electron chi connectivity index (χ1n) is 9.72. The number of benzene rings is 2. The van der Waals surface area contributed by atoms with Crippen molar-refractivity contribution in [2.45, 2.75) is 44.1 Å². The molecule has 0 radical (unpaired) electrons. The van der Waals surface area contributed by atoms with E-state index in [1.54, 1.807) is 7.11 Å². The Kier molecular flexibility index (Phi) is 6.02. The predicted octanol–water partition coefficient (Wildman–Crippen LogP) is 3.58. The normalized spacial score (nSPS) is 20.6. The molecule has 0 bridgehead atoms. The summed E-state index contributed by atoms with van der Waals surface area (Å²) in [6.45, 7) is 2.71. The van der Waals surface area contributed by atoms with Gasteiger partial charge in [0.1, 0.15) is 5.75 Å². The molecule has 0 unspecified atom stereocenters. The van der Waals surface area contributed by atoms with Crippen molar-refractivity contribution in [1.82, 2.24) is 4.90 Å². The van der Waals surface area contributed by atoms with Gasteiger partial charge < -0.3 is 15.4 Å². The van der Waals surface area contributed by atoms with Gasteiger partial charge in [-0.25, -0.2) is 0 Å². The average Bonchev–Trinajstić information content (AvgIpc) is 2.72. The van der Waals surface area contributed by atoms with Crippen LogP contribution in [0.5, 0.6) is 5.75 Å². The van der Waals surface area contributed by atoms with Crippen LogP contribution in [0.15, 0.2) is 54.6 Å².